The Hall–Kier alpha value is -0.290. The van der Waals surface area contributed by atoms with Gasteiger partial charge in [-0.2, -0.15) is 11.8 Å². The number of nitrogens with one attached hydrogen (secondary N) is 2. The summed E-state index contributed by atoms with van der Waals surface area (Å²) in [5.41, 5.74) is 0.523. The molecule has 27 heavy (non-hydrogen) atoms. The highest BCUT2D eigenvalue weighted by Gasteiger charge is 2.29. The number of halogens is 3. The average Bonchev–Trinajstić information content (AvgIpc) is 2.62. The van der Waals surface area contributed by atoms with Crippen LogP contribution in [0.25, 0.3) is 0 Å². The number of nitrogens with zero attached hydrogens (tertiary/aromatic N) is 2. The van der Waals surface area contributed by atoms with Crippen LogP contribution in [0.3, 0.4) is 0 Å². The van der Waals surface area contributed by atoms with E-state index in [0.717, 1.165) is 25.4 Å². The minimum absolute atomic E-state index is 0. The summed E-state index contributed by atoms with van der Waals surface area (Å²) in [5, 5.41) is 7.03. The number of benzene rings is 1. The zero-order chi connectivity index (χ0) is 18.9. The van der Waals surface area contributed by atoms with Gasteiger partial charge in [-0.05, 0) is 25.3 Å². The van der Waals surface area contributed by atoms with Crippen molar-refractivity contribution < 1.29 is 9.13 Å². The third-order valence-electron chi connectivity index (χ3n) is 4.33. The van der Waals surface area contributed by atoms with Crippen molar-refractivity contribution in [2.45, 2.75) is 19.1 Å². The summed E-state index contributed by atoms with van der Waals surface area (Å²) in [6, 6.07) is 4.64. The molecule has 1 saturated heterocycles. The van der Waals surface area contributed by atoms with Crippen LogP contribution in [0.4, 0.5) is 4.39 Å². The van der Waals surface area contributed by atoms with Gasteiger partial charge < -0.3 is 15.4 Å². The first kappa shape index (κ1) is 24.7. The van der Waals surface area contributed by atoms with E-state index >= 15 is 0 Å². The van der Waals surface area contributed by atoms with Crippen LogP contribution in [0.5, 0.6) is 0 Å². The summed E-state index contributed by atoms with van der Waals surface area (Å²) in [7, 11) is 1.73. The van der Waals surface area contributed by atoms with Gasteiger partial charge in [0.1, 0.15) is 5.82 Å². The molecule has 1 aromatic rings. The quantitative estimate of drug-likeness (QED) is 0.245. The van der Waals surface area contributed by atoms with E-state index in [-0.39, 0.29) is 41.9 Å². The highest BCUT2D eigenvalue weighted by atomic mass is 127. The van der Waals surface area contributed by atoms with Crippen LogP contribution >= 0.6 is 47.3 Å². The molecule has 1 fully saturated rings. The lowest BCUT2D eigenvalue weighted by molar-refractivity contribution is -0.0343. The lowest BCUT2D eigenvalue weighted by Crippen LogP contribution is -2.48. The molecule has 1 aromatic carbocycles. The molecule has 0 radical (unpaired) electrons. The van der Waals surface area contributed by atoms with Gasteiger partial charge in [-0.15, -0.1) is 24.0 Å². The Bertz CT molecular complexity index is 590. The van der Waals surface area contributed by atoms with E-state index in [0.29, 0.717) is 29.7 Å². The fraction of sp³-hybridized carbons (Fsp3) is 0.611. The fourth-order valence-electron chi connectivity index (χ4n) is 3.06. The number of thioether (sulfide) groups is 1. The van der Waals surface area contributed by atoms with Crippen LogP contribution in [-0.2, 0) is 4.74 Å². The maximum Gasteiger partial charge on any atom is 0.191 e. The van der Waals surface area contributed by atoms with Crippen molar-refractivity contribution in [3.8, 4) is 0 Å². The largest absolute Gasteiger partial charge is 0.376 e. The van der Waals surface area contributed by atoms with Crippen molar-refractivity contribution >= 4 is 53.3 Å². The number of hydrogen-bond acceptors (Lipinski definition) is 4. The van der Waals surface area contributed by atoms with Gasteiger partial charge in [0, 0.05) is 49.6 Å². The Morgan fingerprint density at radius 3 is 2.89 bits per heavy atom. The third kappa shape index (κ3) is 7.56. The Labute approximate surface area is 187 Å². The van der Waals surface area contributed by atoms with Crippen LogP contribution in [0.1, 0.15) is 18.5 Å². The van der Waals surface area contributed by atoms with Crippen LogP contribution in [-0.4, -0.2) is 68.8 Å². The molecule has 9 heteroatoms. The maximum absolute atomic E-state index is 14.6. The minimum Gasteiger partial charge on any atom is -0.376 e. The molecule has 0 saturated carbocycles. The van der Waals surface area contributed by atoms with Crippen molar-refractivity contribution in [2.24, 2.45) is 4.99 Å². The van der Waals surface area contributed by atoms with E-state index in [9.17, 15) is 4.39 Å². The minimum atomic E-state index is -0.284. The number of guanidine groups is 1. The molecule has 1 heterocycles. The molecule has 2 unspecified atom stereocenters. The summed E-state index contributed by atoms with van der Waals surface area (Å²) in [4.78, 5) is 6.47. The summed E-state index contributed by atoms with van der Waals surface area (Å²) in [6.07, 6.45) is 2.17. The number of ether oxygens (including phenoxy) is 1. The first-order chi connectivity index (χ1) is 12.6. The molecule has 0 bridgehead atoms. The molecule has 2 N–H and O–H groups in total. The van der Waals surface area contributed by atoms with Crippen molar-refractivity contribution in [1.29, 1.82) is 0 Å². The van der Waals surface area contributed by atoms with Gasteiger partial charge in [0.15, 0.2) is 5.96 Å². The van der Waals surface area contributed by atoms with Gasteiger partial charge in [-0.1, -0.05) is 17.7 Å². The van der Waals surface area contributed by atoms with Crippen molar-refractivity contribution in [2.75, 3.05) is 51.8 Å². The molecule has 1 aliphatic heterocycles. The highest BCUT2D eigenvalue weighted by Crippen LogP contribution is 2.31. The van der Waals surface area contributed by atoms with Crippen molar-refractivity contribution in [3.05, 3.63) is 34.6 Å². The van der Waals surface area contributed by atoms with Gasteiger partial charge in [0.05, 0.1) is 18.8 Å². The van der Waals surface area contributed by atoms with Gasteiger partial charge in [0.25, 0.3) is 0 Å². The lowest BCUT2D eigenvalue weighted by Gasteiger charge is -2.38. The van der Waals surface area contributed by atoms with Crippen LogP contribution in [0.2, 0.25) is 5.02 Å². The number of morpholine rings is 1. The number of aliphatic imine (C=N–C) groups is 1. The zero-order valence-corrected chi connectivity index (χ0v) is 19.9. The molecule has 2 rings (SSSR count). The molecule has 1 aliphatic rings. The average molecular weight is 531 g/mol. The molecule has 0 spiro atoms. The molecule has 5 nitrogen and oxygen atoms in total. The van der Waals surface area contributed by atoms with Gasteiger partial charge in [0.2, 0.25) is 0 Å². The predicted molar refractivity (Wildman–Crippen MR) is 124 cm³/mol. The monoisotopic (exact) mass is 530 g/mol. The summed E-state index contributed by atoms with van der Waals surface area (Å²) < 4.78 is 20.2. The first-order valence-electron chi connectivity index (χ1n) is 8.79. The molecule has 2 atom stereocenters. The van der Waals surface area contributed by atoms with Crippen LogP contribution in [0.15, 0.2) is 23.2 Å². The SMILES string of the molecule is CN=C(NCCSC)NCC(c1c(F)cccc1Cl)N1CCOC(C)C1.I. The van der Waals surface area contributed by atoms with E-state index in [1.54, 1.807) is 30.9 Å². The molecule has 154 valence electrons. The van der Waals surface area contributed by atoms with E-state index < -0.39 is 0 Å². The second kappa shape index (κ2) is 13.0. The van der Waals surface area contributed by atoms with E-state index in [2.05, 4.69) is 26.8 Å². The van der Waals surface area contributed by atoms with Crippen molar-refractivity contribution in [1.82, 2.24) is 15.5 Å². The molecule has 0 amide bonds. The van der Waals surface area contributed by atoms with Crippen LogP contribution < -0.4 is 10.6 Å². The predicted octanol–water partition coefficient (Wildman–Crippen LogP) is 3.39. The van der Waals surface area contributed by atoms with Crippen LogP contribution in [0, 0.1) is 5.82 Å². The van der Waals surface area contributed by atoms with Gasteiger partial charge in [-0.25, -0.2) is 4.39 Å². The lowest BCUT2D eigenvalue weighted by atomic mass is 10.0. The Balaban J connectivity index is 0.00000364. The Kier molecular flexibility index (Phi) is 11.9. The third-order valence-corrected chi connectivity index (χ3v) is 5.27. The van der Waals surface area contributed by atoms with Gasteiger partial charge >= 0.3 is 0 Å². The maximum atomic E-state index is 14.6. The smallest absolute Gasteiger partial charge is 0.191 e. The Morgan fingerprint density at radius 2 is 2.26 bits per heavy atom. The second-order valence-electron chi connectivity index (χ2n) is 6.20. The van der Waals surface area contributed by atoms with Crippen molar-refractivity contribution in [3.63, 3.8) is 0 Å². The molecule has 0 aromatic heterocycles. The molecular formula is C18H29ClFIN4OS. The molecular weight excluding hydrogens is 502 g/mol. The topological polar surface area (TPSA) is 48.9 Å². The normalized spacial score (nSPS) is 19.3. The van der Waals surface area contributed by atoms with Gasteiger partial charge in [-0.3, -0.25) is 9.89 Å². The summed E-state index contributed by atoms with van der Waals surface area (Å²) in [5.74, 6) is 1.41. The van der Waals surface area contributed by atoms with E-state index in [4.69, 9.17) is 16.3 Å². The second-order valence-corrected chi connectivity index (χ2v) is 7.59. The standard InChI is InChI=1S/C18H28ClFN4OS.HI/c1-13-12-24(8-9-25-13)16(17-14(19)5-4-6-15(17)20)11-23-18(21-2)22-7-10-26-3;/h4-6,13,16H,7-12H2,1-3H3,(H2,21,22,23);1H. The zero-order valence-electron chi connectivity index (χ0n) is 16.0. The number of hydrogen-bond donors (Lipinski definition) is 2. The molecule has 0 aliphatic carbocycles. The fourth-order valence-corrected chi connectivity index (χ4v) is 3.65. The first-order valence-corrected chi connectivity index (χ1v) is 10.6. The van der Waals surface area contributed by atoms with E-state index in [1.807, 2.05) is 6.92 Å². The summed E-state index contributed by atoms with van der Waals surface area (Å²) >= 11 is 8.12. The summed E-state index contributed by atoms with van der Waals surface area (Å²) in [6.45, 7) is 5.45. The number of rotatable bonds is 7. The van der Waals surface area contributed by atoms with E-state index in [1.165, 1.54) is 6.07 Å². The Morgan fingerprint density at radius 1 is 1.48 bits per heavy atom. The highest BCUT2D eigenvalue weighted by molar-refractivity contribution is 14.0.